The molecule has 1 amide bonds. The molecule has 0 aromatic carbocycles. The molecule has 0 spiro atoms. The summed E-state index contributed by atoms with van der Waals surface area (Å²) in [6.45, 7) is 3.30. The van der Waals surface area contributed by atoms with E-state index in [1.165, 1.54) is 19.3 Å². The number of hydrogen-bond acceptors (Lipinski definition) is 2. The van der Waals surface area contributed by atoms with Crippen molar-refractivity contribution < 1.29 is 9.90 Å². The lowest BCUT2D eigenvalue weighted by molar-refractivity contribution is -0.137. The summed E-state index contributed by atoms with van der Waals surface area (Å²) in [4.78, 5) is 14.0. The fourth-order valence-electron chi connectivity index (χ4n) is 3.33. The molecule has 0 saturated heterocycles. The van der Waals surface area contributed by atoms with Crippen LogP contribution in [0.25, 0.3) is 0 Å². The standard InChI is InChI=1S/C12H21NO2/c1-2-13(5-6-14)12(15)11-8-9-3-4-10(11)7-9/h9-11,14H,2-8H2,1H3. The summed E-state index contributed by atoms with van der Waals surface area (Å²) < 4.78 is 0. The number of aliphatic hydroxyl groups is 1. The Morgan fingerprint density at radius 3 is 2.67 bits per heavy atom. The van der Waals surface area contributed by atoms with Gasteiger partial charge in [0.1, 0.15) is 0 Å². The Balaban J connectivity index is 1.95. The molecule has 0 aliphatic heterocycles. The first-order chi connectivity index (χ1) is 7.26. The highest BCUT2D eigenvalue weighted by Crippen LogP contribution is 2.48. The van der Waals surface area contributed by atoms with Crippen LogP contribution in [-0.2, 0) is 4.79 Å². The maximum absolute atomic E-state index is 12.2. The van der Waals surface area contributed by atoms with Gasteiger partial charge < -0.3 is 10.0 Å². The van der Waals surface area contributed by atoms with Crippen LogP contribution in [0, 0.1) is 17.8 Å². The third-order valence-electron chi connectivity index (χ3n) is 4.12. The van der Waals surface area contributed by atoms with Crippen LogP contribution in [0.4, 0.5) is 0 Å². The number of fused-ring (bicyclic) bond motifs is 2. The van der Waals surface area contributed by atoms with E-state index in [1.807, 2.05) is 11.8 Å². The van der Waals surface area contributed by atoms with E-state index in [4.69, 9.17) is 5.11 Å². The minimum atomic E-state index is 0.0837. The van der Waals surface area contributed by atoms with Crippen LogP contribution in [0.5, 0.6) is 0 Å². The number of nitrogens with zero attached hydrogens (tertiary/aromatic N) is 1. The molecule has 0 aromatic heterocycles. The topological polar surface area (TPSA) is 40.5 Å². The molecule has 86 valence electrons. The number of rotatable bonds is 4. The fraction of sp³-hybridized carbons (Fsp3) is 0.917. The van der Waals surface area contributed by atoms with E-state index in [9.17, 15) is 4.79 Å². The highest BCUT2D eigenvalue weighted by Gasteiger charge is 2.44. The van der Waals surface area contributed by atoms with Gasteiger partial charge in [0, 0.05) is 19.0 Å². The van der Waals surface area contributed by atoms with Crippen molar-refractivity contribution in [2.24, 2.45) is 17.8 Å². The number of amides is 1. The van der Waals surface area contributed by atoms with Gasteiger partial charge in [-0.2, -0.15) is 0 Å². The zero-order valence-electron chi connectivity index (χ0n) is 9.48. The molecule has 2 saturated carbocycles. The molecule has 3 atom stereocenters. The largest absolute Gasteiger partial charge is 0.395 e. The van der Waals surface area contributed by atoms with Crippen LogP contribution in [0.2, 0.25) is 0 Å². The minimum absolute atomic E-state index is 0.0837. The molecule has 15 heavy (non-hydrogen) atoms. The van der Waals surface area contributed by atoms with Crippen molar-refractivity contribution in [3.63, 3.8) is 0 Å². The molecule has 2 bridgehead atoms. The van der Waals surface area contributed by atoms with Gasteiger partial charge in [0.15, 0.2) is 0 Å². The maximum atomic E-state index is 12.2. The van der Waals surface area contributed by atoms with E-state index in [0.717, 1.165) is 18.9 Å². The van der Waals surface area contributed by atoms with Crippen LogP contribution in [-0.4, -0.2) is 35.6 Å². The quantitative estimate of drug-likeness (QED) is 0.760. The van der Waals surface area contributed by atoms with Crippen molar-refractivity contribution in [3.8, 4) is 0 Å². The third-order valence-corrected chi connectivity index (χ3v) is 4.12. The normalized spacial score (nSPS) is 33.3. The summed E-state index contributed by atoms with van der Waals surface area (Å²) in [5, 5.41) is 8.90. The van der Waals surface area contributed by atoms with E-state index in [1.54, 1.807) is 0 Å². The lowest BCUT2D eigenvalue weighted by Crippen LogP contribution is -2.39. The van der Waals surface area contributed by atoms with Gasteiger partial charge in [-0.3, -0.25) is 4.79 Å². The second-order valence-electron chi connectivity index (χ2n) is 4.92. The smallest absolute Gasteiger partial charge is 0.226 e. The predicted octanol–water partition coefficient (Wildman–Crippen LogP) is 1.26. The van der Waals surface area contributed by atoms with Crippen LogP contribution in [0.1, 0.15) is 32.6 Å². The van der Waals surface area contributed by atoms with E-state index in [0.29, 0.717) is 18.4 Å². The Kier molecular flexibility index (Phi) is 3.29. The average molecular weight is 211 g/mol. The monoisotopic (exact) mass is 211 g/mol. The van der Waals surface area contributed by atoms with Crippen molar-refractivity contribution in [2.75, 3.05) is 19.7 Å². The molecule has 0 aromatic rings. The van der Waals surface area contributed by atoms with Gasteiger partial charge in [-0.25, -0.2) is 0 Å². The molecule has 2 rings (SSSR count). The first kappa shape index (κ1) is 10.9. The summed E-state index contributed by atoms with van der Waals surface area (Å²) in [6, 6.07) is 0. The summed E-state index contributed by atoms with van der Waals surface area (Å²) in [7, 11) is 0. The Labute approximate surface area is 91.5 Å². The third kappa shape index (κ3) is 2.03. The molecular weight excluding hydrogens is 190 g/mol. The van der Waals surface area contributed by atoms with Crippen molar-refractivity contribution >= 4 is 5.91 Å². The van der Waals surface area contributed by atoms with Gasteiger partial charge in [-0.15, -0.1) is 0 Å². The Morgan fingerprint density at radius 1 is 1.40 bits per heavy atom. The van der Waals surface area contributed by atoms with Gasteiger partial charge in [0.25, 0.3) is 0 Å². The van der Waals surface area contributed by atoms with Gasteiger partial charge in [0.2, 0.25) is 5.91 Å². The molecule has 2 aliphatic carbocycles. The van der Waals surface area contributed by atoms with Crippen molar-refractivity contribution in [2.45, 2.75) is 32.6 Å². The Bertz CT molecular complexity index is 242. The lowest BCUT2D eigenvalue weighted by Gasteiger charge is -2.28. The second-order valence-corrected chi connectivity index (χ2v) is 4.92. The highest BCUT2D eigenvalue weighted by atomic mass is 16.3. The maximum Gasteiger partial charge on any atom is 0.226 e. The molecule has 0 radical (unpaired) electrons. The van der Waals surface area contributed by atoms with Crippen molar-refractivity contribution in [1.82, 2.24) is 4.90 Å². The van der Waals surface area contributed by atoms with Crippen molar-refractivity contribution in [3.05, 3.63) is 0 Å². The van der Waals surface area contributed by atoms with Crippen LogP contribution in [0.15, 0.2) is 0 Å². The molecule has 2 aliphatic rings. The molecular formula is C12H21NO2. The lowest BCUT2D eigenvalue weighted by atomic mass is 9.88. The summed E-state index contributed by atoms with van der Waals surface area (Å²) in [6.07, 6.45) is 4.96. The van der Waals surface area contributed by atoms with Gasteiger partial charge in [-0.1, -0.05) is 6.42 Å². The SMILES string of the molecule is CCN(CCO)C(=O)C1CC2CCC1C2. The van der Waals surface area contributed by atoms with Crippen molar-refractivity contribution in [1.29, 1.82) is 0 Å². The number of hydrogen-bond donors (Lipinski definition) is 1. The van der Waals surface area contributed by atoms with Crippen LogP contribution < -0.4 is 0 Å². The van der Waals surface area contributed by atoms with E-state index in [-0.39, 0.29) is 12.5 Å². The minimum Gasteiger partial charge on any atom is -0.395 e. The number of aliphatic hydroxyl groups excluding tert-OH is 1. The zero-order chi connectivity index (χ0) is 10.8. The first-order valence-corrected chi connectivity index (χ1v) is 6.16. The van der Waals surface area contributed by atoms with E-state index in [2.05, 4.69) is 0 Å². The summed E-state index contributed by atoms with van der Waals surface area (Å²) in [5.41, 5.74) is 0. The highest BCUT2D eigenvalue weighted by molar-refractivity contribution is 5.79. The first-order valence-electron chi connectivity index (χ1n) is 6.16. The molecule has 1 N–H and O–H groups in total. The molecule has 3 nitrogen and oxygen atoms in total. The number of likely N-dealkylation sites (N-methyl/N-ethyl adjacent to an activating group) is 1. The van der Waals surface area contributed by atoms with E-state index >= 15 is 0 Å². The van der Waals surface area contributed by atoms with Gasteiger partial charge >= 0.3 is 0 Å². The van der Waals surface area contributed by atoms with Gasteiger partial charge in [-0.05, 0) is 38.0 Å². The summed E-state index contributed by atoms with van der Waals surface area (Å²) >= 11 is 0. The number of carbonyl (C=O) groups is 1. The van der Waals surface area contributed by atoms with Crippen LogP contribution in [0.3, 0.4) is 0 Å². The summed E-state index contributed by atoms with van der Waals surface area (Å²) in [5.74, 6) is 2.03. The predicted molar refractivity (Wildman–Crippen MR) is 58.3 cm³/mol. The second kappa shape index (κ2) is 4.52. The van der Waals surface area contributed by atoms with Gasteiger partial charge in [0.05, 0.1) is 6.61 Å². The zero-order valence-corrected chi connectivity index (χ0v) is 9.48. The average Bonchev–Trinajstić information content (AvgIpc) is 2.86. The fourth-order valence-corrected chi connectivity index (χ4v) is 3.33. The van der Waals surface area contributed by atoms with Crippen LogP contribution >= 0.6 is 0 Å². The Hall–Kier alpha value is -0.570. The molecule has 0 heterocycles. The Morgan fingerprint density at radius 2 is 2.20 bits per heavy atom. The molecule has 2 fully saturated rings. The molecule has 3 heteroatoms. The number of carbonyl (C=O) groups excluding carboxylic acids is 1. The molecule has 3 unspecified atom stereocenters. The van der Waals surface area contributed by atoms with E-state index < -0.39 is 0 Å².